The van der Waals surface area contributed by atoms with Crippen LogP contribution in [0.1, 0.15) is 24.5 Å². The molecule has 0 radical (unpaired) electrons. The average Bonchev–Trinajstić information content (AvgIpc) is 2.53. The van der Waals surface area contributed by atoms with Gasteiger partial charge in [-0.1, -0.05) is 31.2 Å². The average molecular weight is 251 g/mol. The van der Waals surface area contributed by atoms with Gasteiger partial charge in [0.25, 0.3) is 0 Å². The van der Waals surface area contributed by atoms with Crippen molar-refractivity contribution in [3.63, 3.8) is 0 Å². The SMILES string of the molecule is CCCS(=O)(=O)N1C(=N)c2ccccc2C1=N. The quantitative estimate of drug-likeness (QED) is 0.850. The fourth-order valence-electron chi connectivity index (χ4n) is 1.85. The highest BCUT2D eigenvalue weighted by molar-refractivity contribution is 7.90. The number of hydrogen-bond acceptors (Lipinski definition) is 4. The van der Waals surface area contributed by atoms with Gasteiger partial charge in [-0.15, -0.1) is 0 Å². The van der Waals surface area contributed by atoms with Crippen LogP contribution in [-0.2, 0) is 10.0 Å². The van der Waals surface area contributed by atoms with Gasteiger partial charge in [-0.2, -0.15) is 0 Å². The van der Waals surface area contributed by atoms with Crippen molar-refractivity contribution >= 4 is 21.7 Å². The molecule has 0 saturated carbocycles. The lowest BCUT2D eigenvalue weighted by Gasteiger charge is -2.17. The maximum absolute atomic E-state index is 12.0. The molecule has 0 atom stereocenters. The van der Waals surface area contributed by atoms with Crippen molar-refractivity contribution < 1.29 is 8.42 Å². The molecule has 0 saturated heterocycles. The summed E-state index contributed by atoms with van der Waals surface area (Å²) in [5.41, 5.74) is 0.995. The van der Waals surface area contributed by atoms with Gasteiger partial charge < -0.3 is 0 Å². The van der Waals surface area contributed by atoms with E-state index in [9.17, 15) is 8.42 Å². The number of nitrogens with one attached hydrogen (secondary N) is 2. The van der Waals surface area contributed by atoms with Crippen LogP contribution in [0.25, 0.3) is 0 Å². The molecule has 0 amide bonds. The highest BCUT2D eigenvalue weighted by atomic mass is 32.2. The minimum absolute atomic E-state index is 0.0499. The maximum Gasteiger partial charge on any atom is 0.241 e. The van der Waals surface area contributed by atoms with Crippen molar-refractivity contribution in [3.8, 4) is 0 Å². The summed E-state index contributed by atoms with van der Waals surface area (Å²) in [5, 5.41) is 15.7. The van der Waals surface area contributed by atoms with Gasteiger partial charge in [0.05, 0.1) is 5.75 Å². The highest BCUT2D eigenvalue weighted by Crippen LogP contribution is 2.25. The molecule has 90 valence electrons. The molecule has 0 fully saturated rings. The van der Waals surface area contributed by atoms with E-state index in [2.05, 4.69) is 0 Å². The van der Waals surface area contributed by atoms with Crippen molar-refractivity contribution in [2.24, 2.45) is 0 Å². The maximum atomic E-state index is 12.0. The lowest BCUT2D eigenvalue weighted by Crippen LogP contribution is -2.37. The van der Waals surface area contributed by atoms with Crippen molar-refractivity contribution in [2.45, 2.75) is 13.3 Å². The van der Waals surface area contributed by atoms with Crippen molar-refractivity contribution in [3.05, 3.63) is 35.4 Å². The van der Waals surface area contributed by atoms with Crippen LogP contribution in [0, 0.1) is 10.8 Å². The molecule has 0 aromatic heterocycles. The zero-order valence-corrected chi connectivity index (χ0v) is 10.2. The van der Waals surface area contributed by atoms with Crippen LogP contribution in [0.2, 0.25) is 0 Å². The zero-order chi connectivity index (χ0) is 12.6. The van der Waals surface area contributed by atoms with Crippen LogP contribution in [0.3, 0.4) is 0 Å². The number of sulfonamides is 1. The summed E-state index contributed by atoms with van der Waals surface area (Å²) in [6.45, 7) is 1.76. The topological polar surface area (TPSA) is 85.1 Å². The van der Waals surface area contributed by atoms with E-state index in [0.717, 1.165) is 4.31 Å². The van der Waals surface area contributed by atoms with Gasteiger partial charge in [-0.3, -0.25) is 10.8 Å². The van der Waals surface area contributed by atoms with Gasteiger partial charge in [0.15, 0.2) is 0 Å². The summed E-state index contributed by atoms with van der Waals surface area (Å²) >= 11 is 0. The second kappa shape index (κ2) is 3.96. The van der Waals surface area contributed by atoms with E-state index < -0.39 is 10.0 Å². The summed E-state index contributed by atoms with van der Waals surface area (Å²) in [6, 6.07) is 6.79. The molecular weight excluding hydrogens is 238 g/mol. The summed E-state index contributed by atoms with van der Waals surface area (Å²) in [6.07, 6.45) is 0.468. The predicted octanol–water partition coefficient (Wildman–Crippen LogP) is 1.39. The Morgan fingerprint density at radius 3 is 2.00 bits per heavy atom. The Morgan fingerprint density at radius 1 is 1.12 bits per heavy atom. The monoisotopic (exact) mass is 251 g/mol. The minimum Gasteiger partial charge on any atom is -0.283 e. The molecule has 0 unspecified atom stereocenters. The van der Waals surface area contributed by atoms with Gasteiger partial charge in [0, 0.05) is 11.1 Å². The third-order valence-electron chi connectivity index (χ3n) is 2.58. The Kier molecular flexibility index (Phi) is 2.74. The molecule has 5 nitrogen and oxygen atoms in total. The molecule has 6 heteroatoms. The van der Waals surface area contributed by atoms with Crippen LogP contribution in [0.15, 0.2) is 24.3 Å². The fourth-order valence-corrected chi connectivity index (χ4v) is 3.31. The number of hydrogen-bond donors (Lipinski definition) is 2. The highest BCUT2D eigenvalue weighted by Gasteiger charge is 2.37. The molecule has 2 rings (SSSR count). The minimum atomic E-state index is -3.59. The van der Waals surface area contributed by atoms with Gasteiger partial charge in [-0.25, -0.2) is 12.7 Å². The first kappa shape index (κ1) is 11.8. The Bertz CT molecular complexity index is 557. The predicted molar refractivity (Wildman–Crippen MR) is 66.0 cm³/mol. The van der Waals surface area contributed by atoms with Gasteiger partial charge >= 0.3 is 0 Å². The fraction of sp³-hybridized carbons (Fsp3) is 0.273. The number of fused-ring (bicyclic) bond motifs is 1. The molecule has 1 heterocycles. The molecule has 0 aliphatic carbocycles. The Balaban J connectivity index is 2.51. The first-order valence-electron chi connectivity index (χ1n) is 5.29. The number of amidine groups is 2. The second-order valence-electron chi connectivity index (χ2n) is 3.82. The van der Waals surface area contributed by atoms with Crippen molar-refractivity contribution in [1.29, 1.82) is 10.8 Å². The second-order valence-corrected chi connectivity index (χ2v) is 5.76. The van der Waals surface area contributed by atoms with Crippen molar-refractivity contribution in [1.82, 2.24) is 4.31 Å². The molecule has 0 bridgehead atoms. The molecular formula is C11H13N3O2S. The first-order valence-corrected chi connectivity index (χ1v) is 6.90. The van der Waals surface area contributed by atoms with E-state index in [4.69, 9.17) is 10.8 Å². The van der Waals surface area contributed by atoms with Crippen LogP contribution in [0.4, 0.5) is 0 Å². The summed E-state index contributed by atoms with van der Waals surface area (Å²) in [4.78, 5) is 0. The van der Waals surface area contributed by atoms with Gasteiger partial charge in [0.2, 0.25) is 10.0 Å². The molecule has 0 spiro atoms. The van der Waals surface area contributed by atoms with Crippen molar-refractivity contribution in [2.75, 3.05) is 5.75 Å². The molecule has 1 aromatic carbocycles. The third-order valence-corrected chi connectivity index (χ3v) is 4.43. The smallest absolute Gasteiger partial charge is 0.241 e. The lowest BCUT2D eigenvalue weighted by molar-refractivity contribution is 0.569. The van der Waals surface area contributed by atoms with E-state index in [1.807, 2.05) is 0 Å². The molecule has 1 aliphatic rings. The molecule has 17 heavy (non-hydrogen) atoms. The summed E-state index contributed by atoms with van der Waals surface area (Å²) < 4.78 is 24.8. The molecule has 1 aromatic rings. The molecule has 1 aliphatic heterocycles. The standard InChI is InChI=1S/C11H13N3O2S/c1-2-7-17(15,16)14-10(12)8-5-3-4-6-9(8)11(14)13/h3-6,12-13H,2,7H2,1H3. The number of rotatable bonds is 3. The lowest BCUT2D eigenvalue weighted by atomic mass is 10.1. The van der Waals surface area contributed by atoms with E-state index in [1.54, 1.807) is 31.2 Å². The van der Waals surface area contributed by atoms with Gasteiger partial charge in [-0.05, 0) is 6.42 Å². The van der Waals surface area contributed by atoms with Crippen LogP contribution >= 0.6 is 0 Å². The van der Waals surface area contributed by atoms with Crippen LogP contribution in [0.5, 0.6) is 0 Å². The van der Waals surface area contributed by atoms with Crippen LogP contribution in [-0.4, -0.2) is 30.1 Å². The Labute approximate surface area is 100 Å². The Hall–Kier alpha value is -1.69. The largest absolute Gasteiger partial charge is 0.283 e. The van der Waals surface area contributed by atoms with E-state index in [-0.39, 0.29) is 17.4 Å². The van der Waals surface area contributed by atoms with Gasteiger partial charge in [0.1, 0.15) is 11.7 Å². The zero-order valence-electron chi connectivity index (χ0n) is 9.40. The summed E-state index contributed by atoms with van der Waals surface area (Å²) in [7, 11) is -3.59. The van der Waals surface area contributed by atoms with Crippen LogP contribution < -0.4 is 0 Å². The normalized spacial score (nSPS) is 15.2. The summed E-state index contributed by atoms with van der Waals surface area (Å²) in [5.74, 6) is -0.302. The molecule has 2 N–H and O–H groups in total. The third kappa shape index (κ3) is 1.74. The Morgan fingerprint density at radius 2 is 1.59 bits per heavy atom. The van der Waals surface area contributed by atoms with E-state index in [1.165, 1.54) is 0 Å². The number of benzene rings is 1. The van der Waals surface area contributed by atoms with E-state index >= 15 is 0 Å². The number of nitrogens with zero attached hydrogens (tertiary/aromatic N) is 1. The van der Waals surface area contributed by atoms with E-state index in [0.29, 0.717) is 17.5 Å². The first-order chi connectivity index (χ1) is 7.99.